The molecule has 2 N–H and O–H groups in total. The molecule has 146 valence electrons. The Morgan fingerprint density at radius 1 is 1.14 bits per heavy atom. The van der Waals surface area contributed by atoms with Crippen molar-refractivity contribution in [3.63, 3.8) is 0 Å². The Hall–Kier alpha value is -2.80. The van der Waals surface area contributed by atoms with Gasteiger partial charge in [0, 0.05) is 11.3 Å². The Kier molecular flexibility index (Phi) is 7.08. The summed E-state index contributed by atoms with van der Waals surface area (Å²) in [5, 5.41) is 10.3. The number of benzene rings is 2. The molecule has 0 spiro atoms. The number of nitrogens with one attached hydrogen (secondary N) is 2. The van der Waals surface area contributed by atoms with Crippen LogP contribution in [0.15, 0.2) is 60.0 Å². The number of carbonyl (C=O) groups excluding carboxylic acids is 1. The molecule has 0 saturated carbocycles. The molecule has 0 unspecified atom stereocenters. The van der Waals surface area contributed by atoms with Gasteiger partial charge in [0.05, 0.1) is 6.54 Å². The van der Waals surface area contributed by atoms with E-state index < -0.39 is 0 Å². The highest BCUT2D eigenvalue weighted by molar-refractivity contribution is 7.98. The third kappa shape index (κ3) is 5.85. The van der Waals surface area contributed by atoms with Gasteiger partial charge in [-0.05, 0) is 41.3 Å². The number of amides is 1. The number of aromatic amines is 1. The molecule has 1 amide bonds. The summed E-state index contributed by atoms with van der Waals surface area (Å²) in [5.74, 6) is 1.97. The highest BCUT2D eigenvalue weighted by atomic mass is 32.2. The van der Waals surface area contributed by atoms with E-state index in [2.05, 4.69) is 46.5 Å². The van der Waals surface area contributed by atoms with E-state index in [0.29, 0.717) is 24.6 Å². The van der Waals surface area contributed by atoms with Crippen molar-refractivity contribution >= 4 is 17.7 Å². The smallest absolute Gasteiger partial charge is 0.251 e. The van der Waals surface area contributed by atoms with Gasteiger partial charge in [-0.1, -0.05) is 49.9 Å². The zero-order chi connectivity index (χ0) is 19.8. The first-order chi connectivity index (χ1) is 13.6. The van der Waals surface area contributed by atoms with Crippen molar-refractivity contribution in [2.45, 2.75) is 30.7 Å². The highest BCUT2D eigenvalue weighted by Gasteiger charge is 2.06. The molecule has 3 rings (SSSR count). The Balaban J connectivity index is 1.39. The number of carbonyl (C=O) groups is 1. The molecule has 3 aromatic rings. The van der Waals surface area contributed by atoms with E-state index >= 15 is 0 Å². The number of H-pyrrole nitrogens is 1. The van der Waals surface area contributed by atoms with Crippen LogP contribution in [0.2, 0.25) is 0 Å². The number of thioether (sulfide) groups is 1. The van der Waals surface area contributed by atoms with Crippen LogP contribution >= 0.6 is 11.8 Å². The minimum atomic E-state index is -0.104. The van der Waals surface area contributed by atoms with Gasteiger partial charge in [0.25, 0.3) is 5.91 Å². The fraction of sp³-hybridized carbons (Fsp3) is 0.286. The molecule has 7 heteroatoms. The van der Waals surface area contributed by atoms with E-state index in [1.807, 2.05) is 36.4 Å². The third-order valence-corrected chi connectivity index (χ3v) is 5.14. The quantitative estimate of drug-likeness (QED) is 0.422. The molecule has 0 fully saturated rings. The molecule has 0 aliphatic heterocycles. The Bertz CT molecular complexity index is 862. The molecule has 6 nitrogen and oxygen atoms in total. The molecule has 0 aliphatic rings. The van der Waals surface area contributed by atoms with Crippen molar-refractivity contribution in [2.24, 2.45) is 0 Å². The maximum Gasteiger partial charge on any atom is 0.251 e. The van der Waals surface area contributed by atoms with Crippen LogP contribution in [-0.4, -0.2) is 34.2 Å². The molecule has 1 heterocycles. The average molecular weight is 397 g/mol. The van der Waals surface area contributed by atoms with E-state index in [1.54, 1.807) is 11.8 Å². The van der Waals surface area contributed by atoms with E-state index in [1.165, 1.54) is 11.9 Å². The summed E-state index contributed by atoms with van der Waals surface area (Å²) >= 11 is 1.57. The Labute approximate surface area is 169 Å². The van der Waals surface area contributed by atoms with Crippen LogP contribution in [-0.2, 0) is 5.75 Å². The SMILES string of the molecule is CC(C)c1ccc(OCCNC(=O)c2ccc(CSc3ncn[nH]3)cc2)cc1. The van der Waals surface area contributed by atoms with Crippen molar-refractivity contribution in [1.82, 2.24) is 20.5 Å². The number of hydrogen-bond acceptors (Lipinski definition) is 5. The van der Waals surface area contributed by atoms with Crippen molar-refractivity contribution in [2.75, 3.05) is 13.2 Å². The average Bonchev–Trinajstić information content (AvgIpc) is 3.24. The van der Waals surface area contributed by atoms with E-state index in [4.69, 9.17) is 4.74 Å². The Morgan fingerprint density at radius 3 is 2.54 bits per heavy atom. The topological polar surface area (TPSA) is 79.9 Å². The second-order valence-electron chi connectivity index (χ2n) is 6.60. The maximum absolute atomic E-state index is 12.2. The van der Waals surface area contributed by atoms with Crippen LogP contribution < -0.4 is 10.1 Å². The molecule has 0 bridgehead atoms. The number of rotatable bonds is 9. The molecule has 0 saturated heterocycles. The number of hydrogen-bond donors (Lipinski definition) is 2. The highest BCUT2D eigenvalue weighted by Crippen LogP contribution is 2.19. The maximum atomic E-state index is 12.2. The summed E-state index contributed by atoms with van der Waals surface area (Å²) < 4.78 is 5.68. The second-order valence-corrected chi connectivity index (χ2v) is 7.57. The van der Waals surface area contributed by atoms with Crippen LogP contribution in [0.3, 0.4) is 0 Å². The summed E-state index contributed by atoms with van der Waals surface area (Å²) in [6, 6.07) is 15.6. The number of ether oxygens (including phenoxy) is 1. The monoisotopic (exact) mass is 396 g/mol. The van der Waals surface area contributed by atoms with Crippen LogP contribution in [0.5, 0.6) is 5.75 Å². The summed E-state index contributed by atoms with van der Waals surface area (Å²) in [5.41, 5.74) is 3.03. The van der Waals surface area contributed by atoms with Gasteiger partial charge in [-0.2, -0.15) is 5.10 Å². The lowest BCUT2D eigenvalue weighted by molar-refractivity contribution is 0.0947. The van der Waals surface area contributed by atoms with Crippen molar-refractivity contribution < 1.29 is 9.53 Å². The molecule has 2 aromatic carbocycles. The van der Waals surface area contributed by atoms with Gasteiger partial charge in [0.15, 0.2) is 5.16 Å². The lowest BCUT2D eigenvalue weighted by Crippen LogP contribution is -2.28. The predicted molar refractivity (Wildman–Crippen MR) is 111 cm³/mol. The van der Waals surface area contributed by atoms with Crippen LogP contribution in [0.25, 0.3) is 0 Å². The fourth-order valence-electron chi connectivity index (χ4n) is 2.55. The van der Waals surface area contributed by atoms with Gasteiger partial charge in [0.1, 0.15) is 18.7 Å². The van der Waals surface area contributed by atoms with E-state index in [9.17, 15) is 4.79 Å². The first kappa shape index (κ1) is 19.9. The number of nitrogens with zero attached hydrogens (tertiary/aromatic N) is 2. The lowest BCUT2D eigenvalue weighted by Gasteiger charge is -2.10. The largest absolute Gasteiger partial charge is 0.492 e. The minimum absolute atomic E-state index is 0.104. The summed E-state index contributed by atoms with van der Waals surface area (Å²) in [6.45, 7) is 5.20. The zero-order valence-electron chi connectivity index (χ0n) is 16.0. The second kappa shape index (κ2) is 9.94. The van der Waals surface area contributed by atoms with Gasteiger partial charge < -0.3 is 10.1 Å². The first-order valence-corrected chi connectivity index (χ1v) is 10.2. The molecule has 0 radical (unpaired) electrons. The van der Waals surface area contributed by atoms with Crippen molar-refractivity contribution in [3.8, 4) is 5.75 Å². The Morgan fingerprint density at radius 2 is 1.89 bits per heavy atom. The predicted octanol–water partition coefficient (Wildman–Crippen LogP) is 4.03. The fourth-order valence-corrected chi connectivity index (χ4v) is 3.29. The van der Waals surface area contributed by atoms with Gasteiger partial charge in [-0.3, -0.25) is 9.89 Å². The molecule has 0 aliphatic carbocycles. The molecule has 28 heavy (non-hydrogen) atoms. The van der Waals surface area contributed by atoms with Gasteiger partial charge in [0.2, 0.25) is 0 Å². The van der Waals surface area contributed by atoms with Gasteiger partial charge in [-0.15, -0.1) is 0 Å². The van der Waals surface area contributed by atoms with Gasteiger partial charge in [-0.25, -0.2) is 4.98 Å². The third-order valence-electron chi connectivity index (χ3n) is 4.19. The molecular formula is C21H24N4O2S. The van der Waals surface area contributed by atoms with Crippen LogP contribution in [0.1, 0.15) is 41.3 Å². The first-order valence-electron chi connectivity index (χ1n) is 9.20. The van der Waals surface area contributed by atoms with Crippen molar-refractivity contribution in [1.29, 1.82) is 0 Å². The summed E-state index contributed by atoms with van der Waals surface area (Å²) in [4.78, 5) is 16.3. The van der Waals surface area contributed by atoms with E-state index in [-0.39, 0.29) is 5.91 Å². The molecule has 1 aromatic heterocycles. The summed E-state index contributed by atoms with van der Waals surface area (Å²) in [6.07, 6.45) is 1.49. The van der Waals surface area contributed by atoms with Crippen molar-refractivity contribution in [3.05, 3.63) is 71.5 Å². The normalized spacial score (nSPS) is 10.8. The lowest BCUT2D eigenvalue weighted by atomic mass is 10.0. The summed E-state index contributed by atoms with van der Waals surface area (Å²) in [7, 11) is 0. The van der Waals surface area contributed by atoms with Gasteiger partial charge >= 0.3 is 0 Å². The van der Waals surface area contributed by atoms with Crippen LogP contribution in [0, 0.1) is 0 Å². The van der Waals surface area contributed by atoms with Crippen LogP contribution in [0.4, 0.5) is 0 Å². The minimum Gasteiger partial charge on any atom is -0.492 e. The molecule has 0 atom stereocenters. The van der Waals surface area contributed by atoms with E-state index in [0.717, 1.165) is 22.2 Å². The molecular weight excluding hydrogens is 372 g/mol. The zero-order valence-corrected chi connectivity index (χ0v) is 16.8. The standard InChI is InChI=1S/C21H24N4O2S/c1-15(2)17-7-9-19(10-8-17)27-12-11-22-20(26)18-5-3-16(4-6-18)13-28-21-23-14-24-25-21/h3-10,14-15H,11-13H2,1-2H3,(H,22,26)(H,23,24,25). The number of aromatic nitrogens is 3.